The van der Waals surface area contributed by atoms with E-state index in [0.717, 1.165) is 12.1 Å². The first kappa shape index (κ1) is 14.6. The van der Waals surface area contributed by atoms with Crippen molar-refractivity contribution in [3.8, 4) is 0 Å². The van der Waals surface area contributed by atoms with E-state index in [1.165, 1.54) is 6.07 Å². The third-order valence-electron chi connectivity index (χ3n) is 3.21. The monoisotopic (exact) mass is 287 g/mol. The highest BCUT2D eigenvalue weighted by Gasteiger charge is 2.32. The summed E-state index contributed by atoms with van der Waals surface area (Å²) in [5.41, 5.74) is 5.55. The fraction of sp³-hybridized carbons (Fsp3) is 0.462. The summed E-state index contributed by atoms with van der Waals surface area (Å²) in [4.78, 5) is 5.68. The maximum Gasteiger partial charge on any atom is 0.416 e. The highest BCUT2D eigenvalue weighted by Crippen LogP contribution is 2.32. The predicted molar refractivity (Wildman–Crippen MR) is 69.3 cm³/mol. The van der Waals surface area contributed by atoms with Gasteiger partial charge in [-0.15, -0.1) is 0 Å². The number of guanidine groups is 1. The van der Waals surface area contributed by atoms with Crippen molar-refractivity contribution in [2.45, 2.75) is 12.3 Å². The van der Waals surface area contributed by atoms with Gasteiger partial charge in [-0.1, -0.05) is 12.1 Å². The van der Waals surface area contributed by atoms with Gasteiger partial charge >= 0.3 is 6.18 Å². The lowest BCUT2D eigenvalue weighted by Gasteiger charge is -2.33. The number of hydrogen-bond donors (Lipinski definition) is 1. The minimum absolute atomic E-state index is 0.366. The third kappa shape index (κ3) is 3.22. The molecule has 1 aromatic rings. The lowest BCUT2D eigenvalue weighted by molar-refractivity contribution is -0.137. The van der Waals surface area contributed by atoms with Crippen molar-refractivity contribution in [2.75, 3.05) is 26.7 Å². The van der Waals surface area contributed by atoms with Crippen molar-refractivity contribution < 1.29 is 17.9 Å². The van der Waals surface area contributed by atoms with E-state index in [0.29, 0.717) is 31.2 Å². The molecule has 0 saturated carbocycles. The molecule has 1 aromatic carbocycles. The van der Waals surface area contributed by atoms with Crippen LogP contribution in [0.25, 0.3) is 0 Å². The van der Waals surface area contributed by atoms with Gasteiger partial charge in [0.05, 0.1) is 18.7 Å². The number of ether oxygens (including phenoxy) is 1. The number of nitrogens with two attached hydrogens (primary N) is 1. The molecule has 1 heterocycles. The summed E-state index contributed by atoms with van der Waals surface area (Å²) in [7, 11) is 1.57. The van der Waals surface area contributed by atoms with Gasteiger partial charge in [-0.25, -0.2) is 0 Å². The summed E-state index contributed by atoms with van der Waals surface area (Å²) in [5.74, 6) is 0.366. The Bertz CT molecular complexity index is 502. The molecule has 2 rings (SSSR count). The molecule has 1 saturated heterocycles. The summed E-state index contributed by atoms with van der Waals surface area (Å²) in [6, 6.07) is 5.18. The van der Waals surface area contributed by atoms with Crippen molar-refractivity contribution in [1.82, 2.24) is 4.90 Å². The van der Waals surface area contributed by atoms with Crippen LogP contribution >= 0.6 is 0 Å². The molecule has 2 N–H and O–H groups in total. The highest BCUT2D eigenvalue weighted by atomic mass is 19.4. The zero-order valence-electron chi connectivity index (χ0n) is 11.0. The minimum Gasteiger partial charge on any atom is -0.370 e. The van der Waals surface area contributed by atoms with Crippen molar-refractivity contribution in [3.63, 3.8) is 0 Å². The quantitative estimate of drug-likeness (QED) is 0.635. The second-order valence-electron chi connectivity index (χ2n) is 4.51. The van der Waals surface area contributed by atoms with E-state index >= 15 is 0 Å². The van der Waals surface area contributed by atoms with Gasteiger partial charge in [0.25, 0.3) is 0 Å². The van der Waals surface area contributed by atoms with Gasteiger partial charge in [0, 0.05) is 13.6 Å². The Hall–Kier alpha value is -1.76. The van der Waals surface area contributed by atoms with Crippen LogP contribution in [-0.4, -0.2) is 37.6 Å². The van der Waals surface area contributed by atoms with Crippen LogP contribution < -0.4 is 5.73 Å². The molecule has 110 valence electrons. The number of morpholine rings is 1. The Kier molecular flexibility index (Phi) is 4.17. The molecule has 1 aliphatic rings. The van der Waals surface area contributed by atoms with Crippen molar-refractivity contribution in [2.24, 2.45) is 10.7 Å². The number of benzene rings is 1. The van der Waals surface area contributed by atoms with Crippen LogP contribution in [0.15, 0.2) is 29.3 Å². The van der Waals surface area contributed by atoms with Gasteiger partial charge in [-0.2, -0.15) is 13.2 Å². The van der Waals surface area contributed by atoms with E-state index in [1.807, 2.05) is 0 Å². The Morgan fingerprint density at radius 2 is 2.20 bits per heavy atom. The standard InChI is InChI=1S/C13H16F3N3O/c1-18-12(17)19-5-6-20-11(8-19)9-3-2-4-10(7-9)13(14,15)16/h2-4,7,11H,5-6,8H2,1H3,(H2,17,18). The van der Waals surface area contributed by atoms with Gasteiger partial charge in [-0.3, -0.25) is 4.99 Å². The first-order valence-corrected chi connectivity index (χ1v) is 6.18. The molecule has 20 heavy (non-hydrogen) atoms. The number of halogens is 3. The molecule has 1 fully saturated rings. The van der Waals surface area contributed by atoms with Gasteiger partial charge in [0.1, 0.15) is 6.10 Å². The zero-order valence-corrected chi connectivity index (χ0v) is 11.0. The second kappa shape index (κ2) is 5.70. The lowest BCUT2D eigenvalue weighted by atomic mass is 10.0. The number of aliphatic imine (C=N–C) groups is 1. The summed E-state index contributed by atoms with van der Waals surface area (Å²) < 4.78 is 43.6. The number of hydrogen-bond acceptors (Lipinski definition) is 2. The average Bonchev–Trinajstić information content (AvgIpc) is 2.46. The molecule has 0 bridgehead atoms. The third-order valence-corrected chi connectivity index (χ3v) is 3.21. The molecule has 0 aromatic heterocycles. The molecular weight excluding hydrogens is 271 g/mol. The molecule has 1 unspecified atom stereocenters. The summed E-state index contributed by atoms with van der Waals surface area (Å²) in [6.45, 7) is 1.38. The highest BCUT2D eigenvalue weighted by molar-refractivity contribution is 5.78. The van der Waals surface area contributed by atoms with Crippen LogP contribution in [-0.2, 0) is 10.9 Å². The molecule has 0 spiro atoms. The summed E-state index contributed by atoms with van der Waals surface area (Å²) in [6.07, 6.45) is -4.79. The zero-order chi connectivity index (χ0) is 14.8. The average molecular weight is 287 g/mol. The van der Waals surface area contributed by atoms with Crippen LogP contribution in [0, 0.1) is 0 Å². The maximum atomic E-state index is 12.7. The number of rotatable bonds is 1. The van der Waals surface area contributed by atoms with Crippen LogP contribution in [0.5, 0.6) is 0 Å². The summed E-state index contributed by atoms with van der Waals surface area (Å²) in [5, 5.41) is 0. The molecule has 1 aliphatic heterocycles. The van der Waals surface area contributed by atoms with E-state index in [2.05, 4.69) is 4.99 Å². The summed E-state index contributed by atoms with van der Waals surface area (Å²) >= 11 is 0. The molecule has 0 amide bonds. The Labute approximate surface area is 115 Å². The molecule has 0 aliphatic carbocycles. The van der Waals surface area contributed by atoms with E-state index in [1.54, 1.807) is 18.0 Å². The molecular formula is C13H16F3N3O. The fourth-order valence-electron chi connectivity index (χ4n) is 2.12. The van der Waals surface area contributed by atoms with Gasteiger partial charge in [0.2, 0.25) is 0 Å². The van der Waals surface area contributed by atoms with Crippen molar-refractivity contribution >= 4 is 5.96 Å². The van der Waals surface area contributed by atoms with Gasteiger partial charge in [-0.05, 0) is 17.7 Å². The van der Waals surface area contributed by atoms with Crippen LogP contribution in [0.4, 0.5) is 13.2 Å². The van der Waals surface area contributed by atoms with E-state index in [-0.39, 0.29) is 0 Å². The predicted octanol–water partition coefficient (Wildman–Crippen LogP) is 2.02. The SMILES string of the molecule is CN=C(N)N1CCOC(c2cccc(C(F)(F)F)c2)C1. The number of alkyl halides is 3. The first-order chi connectivity index (χ1) is 9.41. The maximum absolute atomic E-state index is 12.7. The second-order valence-corrected chi connectivity index (χ2v) is 4.51. The van der Waals surface area contributed by atoms with Crippen molar-refractivity contribution in [3.05, 3.63) is 35.4 Å². The van der Waals surface area contributed by atoms with Crippen molar-refractivity contribution in [1.29, 1.82) is 0 Å². The molecule has 4 nitrogen and oxygen atoms in total. The molecule has 1 atom stereocenters. The smallest absolute Gasteiger partial charge is 0.370 e. The molecule has 0 radical (unpaired) electrons. The van der Waals surface area contributed by atoms with E-state index in [9.17, 15) is 13.2 Å². The normalized spacial score (nSPS) is 21.1. The first-order valence-electron chi connectivity index (χ1n) is 6.18. The van der Waals surface area contributed by atoms with Gasteiger partial charge in [0.15, 0.2) is 5.96 Å². The van der Waals surface area contributed by atoms with E-state index in [4.69, 9.17) is 10.5 Å². The van der Waals surface area contributed by atoms with Crippen LogP contribution in [0.2, 0.25) is 0 Å². The fourth-order valence-corrected chi connectivity index (χ4v) is 2.12. The van der Waals surface area contributed by atoms with Gasteiger partial charge < -0.3 is 15.4 Å². The van der Waals surface area contributed by atoms with E-state index < -0.39 is 17.8 Å². The Morgan fingerprint density at radius 3 is 2.85 bits per heavy atom. The Morgan fingerprint density at radius 1 is 1.45 bits per heavy atom. The largest absolute Gasteiger partial charge is 0.416 e. The van der Waals surface area contributed by atoms with Crippen LogP contribution in [0.1, 0.15) is 17.2 Å². The lowest BCUT2D eigenvalue weighted by Crippen LogP contribution is -2.45. The Balaban J connectivity index is 2.19. The topological polar surface area (TPSA) is 50.8 Å². The minimum atomic E-state index is -4.35. The van der Waals surface area contributed by atoms with Crippen LogP contribution in [0.3, 0.4) is 0 Å². The molecule has 7 heteroatoms. The number of nitrogens with zero attached hydrogens (tertiary/aromatic N) is 2.